The number of anilines is 2. The largest absolute Gasteiger partial charge is 0.486 e. The first-order valence-electron chi connectivity index (χ1n) is 19.5. The van der Waals surface area contributed by atoms with Gasteiger partial charge in [0.1, 0.15) is 44.4 Å². The summed E-state index contributed by atoms with van der Waals surface area (Å²) < 4.78 is 57.4. The van der Waals surface area contributed by atoms with Crippen LogP contribution >= 0.6 is 11.6 Å². The highest BCUT2D eigenvalue weighted by atomic mass is 35.5. The molecule has 0 bridgehead atoms. The van der Waals surface area contributed by atoms with E-state index in [9.17, 15) is 31.2 Å². The van der Waals surface area contributed by atoms with Gasteiger partial charge in [0, 0.05) is 38.2 Å². The third kappa shape index (κ3) is 16.5. The smallest absolute Gasteiger partial charge is 0.274 e. The SMILES string of the molecule is CS(=O)(=O)CCCC(=O)COc1ccc(CCC[N+]2(CCCc3ccc(OCC(=O)CCCS(C)(=O)=O)cc3)CCC[C@H](NC(=O)c3nc(Cl)c(N)nc3N)C2)cc1. The Morgan fingerprint density at radius 3 is 1.71 bits per heavy atom. The number of piperidine rings is 1. The maximum absolute atomic E-state index is 13.3. The molecule has 0 unspecified atom stereocenters. The van der Waals surface area contributed by atoms with Crippen LogP contribution in [0.5, 0.6) is 11.5 Å². The van der Waals surface area contributed by atoms with Crippen molar-refractivity contribution in [2.75, 3.05) is 74.9 Å². The van der Waals surface area contributed by atoms with Crippen LogP contribution in [0.15, 0.2) is 48.5 Å². The number of aryl methyl sites for hydroxylation is 2. The number of nitrogen functional groups attached to an aromatic ring is 2. The Morgan fingerprint density at radius 2 is 1.24 bits per heavy atom. The van der Waals surface area contributed by atoms with E-state index in [1.54, 1.807) is 0 Å². The van der Waals surface area contributed by atoms with Crippen molar-refractivity contribution in [3.05, 3.63) is 70.5 Å². The number of hydrogen-bond acceptors (Lipinski definition) is 13. The Labute approximate surface area is 346 Å². The molecule has 3 aromatic rings. The number of hydrogen-bond donors (Lipinski definition) is 3. The summed E-state index contributed by atoms with van der Waals surface area (Å²) in [6.45, 7) is 3.22. The summed E-state index contributed by atoms with van der Waals surface area (Å²) in [6, 6.07) is 15.2. The zero-order valence-corrected chi connectivity index (χ0v) is 35.7. The van der Waals surface area contributed by atoms with Crippen molar-refractivity contribution in [1.82, 2.24) is 15.3 Å². The van der Waals surface area contributed by atoms with Crippen molar-refractivity contribution in [3.8, 4) is 11.5 Å². The van der Waals surface area contributed by atoms with Gasteiger partial charge in [0.05, 0.1) is 43.7 Å². The van der Waals surface area contributed by atoms with Crippen molar-refractivity contribution < 1.29 is 45.2 Å². The third-order valence-electron chi connectivity index (χ3n) is 10.0. The van der Waals surface area contributed by atoms with Gasteiger partial charge in [0.15, 0.2) is 34.0 Å². The van der Waals surface area contributed by atoms with Gasteiger partial charge in [-0.3, -0.25) is 14.4 Å². The molecule has 1 saturated heterocycles. The van der Waals surface area contributed by atoms with Crippen LogP contribution in [0.25, 0.3) is 0 Å². The first kappa shape index (κ1) is 46.4. The van der Waals surface area contributed by atoms with Crippen molar-refractivity contribution in [2.45, 2.75) is 70.3 Å². The van der Waals surface area contributed by atoms with Gasteiger partial charge < -0.3 is 30.7 Å². The van der Waals surface area contributed by atoms with Crippen LogP contribution in [-0.4, -0.2) is 118 Å². The normalized spacial score (nSPS) is 15.4. The van der Waals surface area contributed by atoms with Gasteiger partial charge in [-0.2, -0.15) is 0 Å². The number of Topliss-reactive ketones (excluding diaryl/α,β-unsaturated/α-hetero) is 2. The number of nitrogens with one attached hydrogen (secondary N) is 1. The predicted molar refractivity (Wildman–Crippen MR) is 225 cm³/mol. The second-order valence-electron chi connectivity index (χ2n) is 15.3. The lowest BCUT2D eigenvalue weighted by atomic mass is 9.99. The number of aromatic nitrogens is 2. The topological polar surface area (TPSA) is 228 Å². The van der Waals surface area contributed by atoms with Gasteiger partial charge in [-0.05, 0) is 73.9 Å². The second-order valence-corrected chi connectivity index (χ2v) is 20.1. The fourth-order valence-corrected chi connectivity index (χ4v) is 8.56. The molecule has 1 aliphatic rings. The van der Waals surface area contributed by atoms with Crippen LogP contribution < -0.4 is 26.3 Å². The number of carbonyl (C=O) groups excluding carboxylic acids is 3. The van der Waals surface area contributed by atoms with E-state index in [1.807, 2.05) is 48.5 Å². The van der Waals surface area contributed by atoms with E-state index in [4.69, 9.17) is 32.5 Å². The van der Waals surface area contributed by atoms with Gasteiger partial charge in [-0.1, -0.05) is 35.9 Å². The third-order valence-corrected chi connectivity index (χ3v) is 12.4. The minimum atomic E-state index is -3.11. The summed E-state index contributed by atoms with van der Waals surface area (Å²) in [4.78, 5) is 45.6. The molecule has 2 aromatic carbocycles. The van der Waals surface area contributed by atoms with E-state index >= 15 is 0 Å². The minimum Gasteiger partial charge on any atom is -0.486 e. The molecule has 1 amide bonds. The quantitative estimate of drug-likeness (QED) is 0.109. The highest BCUT2D eigenvalue weighted by Gasteiger charge is 2.35. The van der Waals surface area contributed by atoms with Crippen LogP contribution in [0, 0.1) is 0 Å². The molecule has 18 heteroatoms. The van der Waals surface area contributed by atoms with Crippen LogP contribution in [0.2, 0.25) is 5.15 Å². The molecule has 0 aliphatic carbocycles. The molecule has 5 N–H and O–H groups in total. The molecule has 0 radical (unpaired) electrons. The summed E-state index contributed by atoms with van der Waals surface area (Å²) in [6.07, 6.45) is 8.29. The maximum atomic E-state index is 13.3. The lowest BCUT2D eigenvalue weighted by molar-refractivity contribution is -0.933. The maximum Gasteiger partial charge on any atom is 0.274 e. The molecule has 1 aliphatic heterocycles. The Hall–Kier alpha value is -4.32. The number of halogens is 1. The molecule has 0 saturated carbocycles. The lowest BCUT2D eigenvalue weighted by Crippen LogP contribution is -2.60. The van der Waals surface area contributed by atoms with Crippen LogP contribution in [0.3, 0.4) is 0 Å². The van der Waals surface area contributed by atoms with E-state index in [0.29, 0.717) is 11.5 Å². The summed E-state index contributed by atoms with van der Waals surface area (Å²) in [7, 11) is -6.22. The number of benzene rings is 2. The Kier molecular flexibility index (Phi) is 17.3. The number of nitrogens with two attached hydrogens (primary N) is 2. The summed E-state index contributed by atoms with van der Waals surface area (Å²) in [5.41, 5.74) is 13.9. The molecular formula is C40H56ClN6O9S2+. The minimum absolute atomic E-state index is 0.0264. The Morgan fingerprint density at radius 1 is 0.759 bits per heavy atom. The van der Waals surface area contributed by atoms with Gasteiger partial charge >= 0.3 is 0 Å². The Balaban J connectivity index is 1.34. The number of likely N-dealkylation sites (tertiary alicyclic amines) is 1. The molecule has 318 valence electrons. The highest BCUT2D eigenvalue weighted by Crippen LogP contribution is 2.25. The number of nitrogens with zero attached hydrogens (tertiary/aromatic N) is 3. The van der Waals surface area contributed by atoms with Gasteiger partial charge in [0.25, 0.3) is 5.91 Å². The average Bonchev–Trinajstić information content (AvgIpc) is 3.15. The molecule has 0 spiro atoms. The fourth-order valence-electron chi connectivity index (χ4n) is 7.10. The van der Waals surface area contributed by atoms with E-state index in [0.717, 1.165) is 92.8 Å². The summed E-state index contributed by atoms with van der Waals surface area (Å²) >= 11 is 6.05. The van der Waals surface area contributed by atoms with Gasteiger partial charge in [-0.25, -0.2) is 26.8 Å². The van der Waals surface area contributed by atoms with Crippen LogP contribution in [0.4, 0.5) is 11.6 Å². The highest BCUT2D eigenvalue weighted by molar-refractivity contribution is 7.90. The molecule has 2 heterocycles. The monoisotopic (exact) mass is 863 g/mol. The molecule has 58 heavy (non-hydrogen) atoms. The number of quaternary nitrogens is 1. The lowest BCUT2D eigenvalue weighted by Gasteiger charge is -2.45. The predicted octanol–water partition coefficient (Wildman–Crippen LogP) is 3.81. The summed E-state index contributed by atoms with van der Waals surface area (Å²) in [5, 5.41) is 3.03. The summed E-state index contributed by atoms with van der Waals surface area (Å²) in [5.74, 6) is 0.205. The first-order valence-corrected chi connectivity index (χ1v) is 24.0. The van der Waals surface area contributed by atoms with Crippen LogP contribution in [-0.2, 0) is 42.1 Å². The molecule has 15 nitrogen and oxygen atoms in total. The van der Waals surface area contributed by atoms with Crippen molar-refractivity contribution in [1.29, 1.82) is 0 Å². The van der Waals surface area contributed by atoms with E-state index in [1.165, 1.54) is 0 Å². The molecule has 1 fully saturated rings. The van der Waals surface area contributed by atoms with E-state index < -0.39 is 25.6 Å². The number of rotatable bonds is 24. The number of carbonyl (C=O) groups is 3. The van der Waals surface area contributed by atoms with Crippen LogP contribution in [0.1, 0.15) is 73.0 Å². The zero-order valence-electron chi connectivity index (χ0n) is 33.3. The number of ether oxygens (including phenoxy) is 2. The standard InChI is InChI=1S/C40H55ClN6O9S2/c1-57(51,52)24-6-11-32(48)27-55-34-17-13-29(14-18-34)8-3-21-47(23-5-10-31(26-47)44-40(50)36-38(42)46-39(43)37(41)45-36)22-4-9-30-15-19-35(20-16-30)56-28-33(49)12-7-25-58(2,53)54/h13-20,31H,3-12,21-28H2,1-2H3,(H4-,42,43,44,46,50)/p+1/t31-/m0/s1. The fraction of sp³-hybridized carbons (Fsp3) is 0.525. The zero-order chi connectivity index (χ0) is 42.3. The number of amides is 1. The van der Waals surface area contributed by atoms with E-state index in [-0.39, 0.29) is 90.5 Å². The molecule has 1 atom stereocenters. The van der Waals surface area contributed by atoms with Crippen molar-refractivity contribution >= 4 is 60.4 Å². The first-order chi connectivity index (χ1) is 27.4. The van der Waals surface area contributed by atoms with Crippen molar-refractivity contribution in [2.24, 2.45) is 0 Å². The Bertz CT molecular complexity index is 1980. The second kappa shape index (κ2) is 21.6. The number of sulfone groups is 2. The molecular weight excluding hydrogens is 808 g/mol. The van der Waals surface area contributed by atoms with Gasteiger partial charge in [-0.15, -0.1) is 0 Å². The van der Waals surface area contributed by atoms with E-state index in [2.05, 4.69) is 15.3 Å². The average molecular weight is 865 g/mol. The molecule has 4 rings (SSSR count). The number of ketones is 2. The van der Waals surface area contributed by atoms with Gasteiger partial charge in [0.2, 0.25) is 0 Å². The molecule has 1 aromatic heterocycles. The van der Waals surface area contributed by atoms with Crippen molar-refractivity contribution in [3.63, 3.8) is 0 Å².